The first-order valence-corrected chi connectivity index (χ1v) is 5.81. The van der Waals surface area contributed by atoms with Gasteiger partial charge in [-0.2, -0.15) is 17.6 Å². The molecule has 0 atom stereocenters. The molecular formula is C10H12F5NO7. The van der Waals surface area contributed by atoms with E-state index in [-0.39, 0.29) is 13.2 Å². The summed E-state index contributed by atoms with van der Waals surface area (Å²) >= 11 is 0. The molecule has 1 N–H and O–H groups in total. The number of alkyl carbamates (subject to hydrolysis) is 1. The van der Waals surface area contributed by atoms with Crippen LogP contribution in [0, 0.1) is 0 Å². The van der Waals surface area contributed by atoms with E-state index in [1.54, 1.807) is 4.94 Å². The first-order valence-electron chi connectivity index (χ1n) is 5.81. The van der Waals surface area contributed by atoms with E-state index in [9.17, 15) is 36.5 Å². The van der Waals surface area contributed by atoms with Crippen molar-refractivity contribution in [3.63, 3.8) is 0 Å². The molecule has 0 unspecified atom stereocenters. The van der Waals surface area contributed by atoms with Gasteiger partial charge in [-0.15, -0.1) is 4.94 Å². The molecule has 23 heavy (non-hydrogen) atoms. The van der Waals surface area contributed by atoms with Crippen molar-refractivity contribution < 1.29 is 55.6 Å². The lowest BCUT2D eigenvalue weighted by Crippen LogP contribution is -2.44. The van der Waals surface area contributed by atoms with Crippen LogP contribution in [0.4, 0.5) is 26.9 Å². The van der Waals surface area contributed by atoms with Crippen molar-refractivity contribution in [2.24, 2.45) is 0 Å². The number of ketones is 1. The highest BCUT2D eigenvalue weighted by Crippen LogP contribution is 2.36. The van der Waals surface area contributed by atoms with Gasteiger partial charge in [0.25, 0.3) is 0 Å². The Balaban J connectivity index is 3.84. The Hall–Kier alpha value is -2.02. The Bertz CT molecular complexity index is 432. The summed E-state index contributed by atoms with van der Waals surface area (Å²) in [5.41, 5.74) is 0. The number of halogens is 5. The number of carbonyl (C=O) groups excluding carboxylic acids is 3. The first kappa shape index (κ1) is 21.0. The number of hydrogen-bond donors (Lipinski definition) is 1. The van der Waals surface area contributed by atoms with Crippen LogP contribution in [-0.4, -0.2) is 56.4 Å². The van der Waals surface area contributed by atoms with Crippen LogP contribution in [0.1, 0.15) is 6.92 Å². The van der Waals surface area contributed by atoms with Crippen LogP contribution in [0.2, 0.25) is 0 Å². The number of Topliss-reactive ketones (excluding diaryl/α,β-unsaturated/α-hetero) is 1. The van der Waals surface area contributed by atoms with Crippen LogP contribution < -0.4 is 5.32 Å². The molecule has 0 aromatic carbocycles. The van der Waals surface area contributed by atoms with Crippen molar-refractivity contribution in [1.82, 2.24) is 5.32 Å². The monoisotopic (exact) mass is 353 g/mol. The fraction of sp³-hybridized carbons (Fsp3) is 0.700. The number of rotatable bonds is 10. The molecule has 0 aromatic rings. The van der Waals surface area contributed by atoms with Crippen LogP contribution in [0.15, 0.2) is 0 Å². The van der Waals surface area contributed by atoms with Gasteiger partial charge >= 0.3 is 24.3 Å². The summed E-state index contributed by atoms with van der Waals surface area (Å²) in [6.07, 6.45) is -11.9. The van der Waals surface area contributed by atoms with Crippen molar-refractivity contribution in [3.8, 4) is 0 Å². The maximum Gasteiger partial charge on any atom is 0.478 e. The molecule has 1 amide bonds. The molecule has 0 fully saturated rings. The number of nitrogens with one attached hydrogen (secondary N) is 1. The van der Waals surface area contributed by atoms with E-state index < -0.39 is 43.3 Å². The van der Waals surface area contributed by atoms with Crippen molar-refractivity contribution in [1.29, 1.82) is 0 Å². The fourth-order valence-corrected chi connectivity index (χ4v) is 0.883. The highest BCUT2D eigenvalue weighted by atomic mass is 19.4. The zero-order valence-electron chi connectivity index (χ0n) is 11.6. The minimum absolute atomic E-state index is 0.261. The lowest BCUT2D eigenvalue weighted by Gasteiger charge is -2.21. The normalized spacial score (nSPS) is 11.7. The third-order valence-corrected chi connectivity index (χ3v) is 1.93. The third-order valence-electron chi connectivity index (χ3n) is 1.93. The fourth-order valence-electron chi connectivity index (χ4n) is 0.883. The van der Waals surface area contributed by atoms with E-state index in [1.807, 2.05) is 5.32 Å². The second-order valence-electron chi connectivity index (χ2n) is 3.71. The minimum atomic E-state index is -5.49. The third kappa shape index (κ3) is 7.69. The Morgan fingerprint density at radius 3 is 2.09 bits per heavy atom. The van der Waals surface area contributed by atoms with E-state index in [4.69, 9.17) is 0 Å². The smallest absolute Gasteiger partial charge is 0.458 e. The summed E-state index contributed by atoms with van der Waals surface area (Å²) < 4.78 is 72.6. The molecule has 0 aliphatic rings. The minimum Gasteiger partial charge on any atom is -0.458 e. The lowest BCUT2D eigenvalue weighted by molar-refractivity contribution is -0.480. The number of alkyl halides is 4. The maximum atomic E-state index is 12.5. The van der Waals surface area contributed by atoms with Gasteiger partial charge in [0.15, 0.2) is 0 Å². The molecule has 0 spiro atoms. The van der Waals surface area contributed by atoms with Gasteiger partial charge in [0.2, 0.25) is 5.78 Å². The molecule has 134 valence electrons. The summed E-state index contributed by atoms with van der Waals surface area (Å²) in [4.78, 5) is 33.9. The molecule has 0 saturated heterocycles. The molecule has 0 heterocycles. The average molecular weight is 353 g/mol. The Labute approximate surface area is 125 Å². The second-order valence-corrected chi connectivity index (χ2v) is 3.71. The Kier molecular flexibility index (Phi) is 8.39. The van der Waals surface area contributed by atoms with Gasteiger partial charge in [0.05, 0.1) is 13.2 Å². The topological polar surface area (TPSA) is 100 Å². The maximum absolute atomic E-state index is 12.5. The van der Waals surface area contributed by atoms with Crippen LogP contribution in [0.5, 0.6) is 0 Å². The van der Waals surface area contributed by atoms with E-state index >= 15 is 0 Å². The van der Waals surface area contributed by atoms with Crippen molar-refractivity contribution in [2.45, 2.75) is 19.1 Å². The molecule has 0 rings (SSSR count). The van der Waals surface area contributed by atoms with Gasteiger partial charge in [-0.05, 0) is 4.53 Å². The standard InChI is InChI=1S/C10H12F5NO7/c1-6(17)7(18)20-3-2-16-8(19)21-4-5-22-9(11,12)10(13,14)23-15/h2-5H2,1H3,(H,16,19). The second kappa shape index (κ2) is 9.19. The van der Waals surface area contributed by atoms with Crippen LogP contribution >= 0.6 is 0 Å². The van der Waals surface area contributed by atoms with Crippen LogP contribution in [-0.2, 0) is 28.7 Å². The Morgan fingerprint density at radius 2 is 1.57 bits per heavy atom. The predicted molar refractivity (Wildman–Crippen MR) is 59.0 cm³/mol. The summed E-state index contributed by atoms with van der Waals surface area (Å²) in [5.74, 6) is -1.97. The molecule has 13 heteroatoms. The predicted octanol–water partition coefficient (Wildman–Crippen LogP) is 0.948. The SMILES string of the molecule is CC(=O)C(=O)OCCNC(=O)OCCOC(F)(F)C(F)(F)OF. The molecule has 0 saturated carbocycles. The van der Waals surface area contributed by atoms with Crippen molar-refractivity contribution >= 4 is 17.8 Å². The van der Waals surface area contributed by atoms with Crippen LogP contribution in [0.3, 0.4) is 0 Å². The average Bonchev–Trinajstić information content (AvgIpc) is 2.47. The van der Waals surface area contributed by atoms with E-state index in [1.165, 1.54) is 0 Å². The summed E-state index contributed by atoms with van der Waals surface area (Å²) in [6.45, 7) is -1.70. The largest absolute Gasteiger partial charge is 0.478 e. The Morgan fingerprint density at radius 1 is 0.957 bits per heavy atom. The lowest BCUT2D eigenvalue weighted by atomic mass is 10.5. The molecular weight excluding hydrogens is 341 g/mol. The van der Waals surface area contributed by atoms with Crippen LogP contribution in [0.25, 0.3) is 0 Å². The van der Waals surface area contributed by atoms with Gasteiger partial charge in [-0.25, -0.2) is 9.59 Å². The highest BCUT2D eigenvalue weighted by molar-refractivity contribution is 6.32. The first-order chi connectivity index (χ1) is 10.5. The molecule has 0 aromatic heterocycles. The zero-order chi connectivity index (χ0) is 18.1. The molecule has 0 bridgehead atoms. The van der Waals surface area contributed by atoms with Gasteiger partial charge in [0, 0.05) is 6.92 Å². The van der Waals surface area contributed by atoms with Crippen molar-refractivity contribution in [3.05, 3.63) is 0 Å². The highest BCUT2D eigenvalue weighted by Gasteiger charge is 2.61. The van der Waals surface area contributed by atoms with E-state index in [0.29, 0.717) is 0 Å². The number of carbonyl (C=O) groups is 3. The van der Waals surface area contributed by atoms with Crippen molar-refractivity contribution in [2.75, 3.05) is 26.4 Å². The van der Waals surface area contributed by atoms with Gasteiger partial charge in [-0.3, -0.25) is 4.79 Å². The molecule has 0 aliphatic carbocycles. The van der Waals surface area contributed by atoms with Gasteiger partial charge in [0.1, 0.15) is 13.2 Å². The quantitative estimate of drug-likeness (QED) is 0.270. The number of esters is 1. The summed E-state index contributed by atoms with van der Waals surface area (Å²) in [6, 6.07) is 0. The summed E-state index contributed by atoms with van der Waals surface area (Å²) in [7, 11) is 0. The van der Waals surface area contributed by atoms with Gasteiger partial charge < -0.3 is 19.5 Å². The molecule has 8 nitrogen and oxygen atoms in total. The zero-order valence-corrected chi connectivity index (χ0v) is 11.6. The summed E-state index contributed by atoms with van der Waals surface area (Å²) in [5, 5.41) is 1.99. The number of hydrogen-bond acceptors (Lipinski definition) is 7. The van der Waals surface area contributed by atoms with Gasteiger partial charge in [-0.1, -0.05) is 0 Å². The number of amides is 1. The van der Waals surface area contributed by atoms with E-state index in [0.717, 1.165) is 6.92 Å². The molecule has 0 aliphatic heterocycles. The van der Waals surface area contributed by atoms with E-state index in [2.05, 4.69) is 14.2 Å². The molecule has 0 radical (unpaired) electrons. The number of ether oxygens (including phenoxy) is 3.